The van der Waals surface area contributed by atoms with Gasteiger partial charge >= 0.3 is 5.97 Å². The fourth-order valence-corrected chi connectivity index (χ4v) is 4.48. The first-order valence-electron chi connectivity index (χ1n) is 11.1. The number of fused-ring (bicyclic) bond motifs is 2. The van der Waals surface area contributed by atoms with Gasteiger partial charge in [-0.05, 0) is 42.7 Å². The standard InChI is InChI=1S/C25H27N3O6/c1-5-28-24(30)17-9-7-6-8-16(17)23(26-28)25(31)27-11-10-15-12-20(32-2)21(33-3)13-18(15)19(27)14-22(29)34-4/h6-9,12-13,19H,5,10-11,14H2,1-4H3. The van der Waals surface area contributed by atoms with Crippen LogP contribution in [-0.4, -0.2) is 54.4 Å². The van der Waals surface area contributed by atoms with Crippen LogP contribution in [0.3, 0.4) is 0 Å². The zero-order valence-corrected chi connectivity index (χ0v) is 19.7. The van der Waals surface area contributed by atoms with Gasteiger partial charge in [0, 0.05) is 18.5 Å². The molecule has 2 heterocycles. The fourth-order valence-electron chi connectivity index (χ4n) is 4.48. The molecule has 1 aliphatic heterocycles. The second kappa shape index (κ2) is 9.54. The molecule has 1 unspecified atom stereocenters. The summed E-state index contributed by atoms with van der Waals surface area (Å²) >= 11 is 0. The molecule has 1 aromatic heterocycles. The summed E-state index contributed by atoms with van der Waals surface area (Å²) in [6, 6.07) is 10.0. The number of benzene rings is 2. The van der Waals surface area contributed by atoms with E-state index in [4.69, 9.17) is 14.2 Å². The Morgan fingerprint density at radius 3 is 2.38 bits per heavy atom. The van der Waals surface area contributed by atoms with Crippen molar-refractivity contribution in [2.45, 2.75) is 32.4 Å². The maximum Gasteiger partial charge on any atom is 0.307 e. The van der Waals surface area contributed by atoms with Crippen molar-refractivity contribution in [3.63, 3.8) is 0 Å². The number of hydrogen-bond donors (Lipinski definition) is 0. The summed E-state index contributed by atoms with van der Waals surface area (Å²) in [6.07, 6.45) is 0.528. The third kappa shape index (κ3) is 3.98. The highest BCUT2D eigenvalue weighted by Gasteiger charge is 2.36. The van der Waals surface area contributed by atoms with Gasteiger partial charge in [-0.2, -0.15) is 5.10 Å². The van der Waals surface area contributed by atoms with Gasteiger partial charge in [-0.1, -0.05) is 18.2 Å². The molecule has 0 aliphatic carbocycles. The lowest BCUT2D eigenvalue weighted by atomic mass is 9.89. The van der Waals surface area contributed by atoms with Gasteiger partial charge in [-0.25, -0.2) is 4.68 Å². The number of aryl methyl sites for hydroxylation is 1. The molecule has 3 aromatic rings. The summed E-state index contributed by atoms with van der Waals surface area (Å²) in [7, 11) is 4.42. The average Bonchev–Trinajstić information content (AvgIpc) is 2.87. The smallest absolute Gasteiger partial charge is 0.307 e. The molecule has 9 heteroatoms. The molecule has 1 atom stereocenters. The predicted octanol–water partition coefficient (Wildman–Crippen LogP) is 2.74. The number of rotatable bonds is 6. The zero-order valence-electron chi connectivity index (χ0n) is 19.7. The van der Waals surface area contributed by atoms with E-state index in [2.05, 4.69) is 5.10 Å². The Morgan fingerprint density at radius 1 is 1.06 bits per heavy atom. The Kier molecular flexibility index (Phi) is 6.54. The van der Waals surface area contributed by atoms with Gasteiger partial charge in [0.15, 0.2) is 17.2 Å². The van der Waals surface area contributed by atoms with E-state index >= 15 is 0 Å². The lowest BCUT2D eigenvalue weighted by molar-refractivity contribution is -0.141. The molecule has 2 aromatic carbocycles. The maximum absolute atomic E-state index is 13.9. The van der Waals surface area contributed by atoms with E-state index in [0.29, 0.717) is 41.8 Å². The van der Waals surface area contributed by atoms with E-state index in [9.17, 15) is 14.4 Å². The van der Waals surface area contributed by atoms with Crippen LogP contribution in [0.1, 0.15) is 41.0 Å². The highest BCUT2D eigenvalue weighted by molar-refractivity contribution is 6.05. The summed E-state index contributed by atoms with van der Waals surface area (Å²) in [5.41, 5.74) is 1.68. The molecule has 9 nitrogen and oxygen atoms in total. The number of amides is 1. The minimum Gasteiger partial charge on any atom is -0.493 e. The van der Waals surface area contributed by atoms with Crippen molar-refractivity contribution in [3.8, 4) is 11.5 Å². The molecule has 178 valence electrons. The Bertz CT molecular complexity index is 1320. The highest BCUT2D eigenvalue weighted by atomic mass is 16.5. The lowest BCUT2D eigenvalue weighted by Gasteiger charge is -2.37. The lowest BCUT2D eigenvalue weighted by Crippen LogP contribution is -2.42. The number of methoxy groups -OCH3 is 3. The first-order valence-corrected chi connectivity index (χ1v) is 11.1. The molecule has 0 N–H and O–H groups in total. The second-order valence-electron chi connectivity index (χ2n) is 7.97. The summed E-state index contributed by atoms with van der Waals surface area (Å²) in [5, 5.41) is 5.31. The van der Waals surface area contributed by atoms with Gasteiger partial charge in [0.25, 0.3) is 11.5 Å². The van der Waals surface area contributed by atoms with E-state index in [1.165, 1.54) is 18.9 Å². The van der Waals surface area contributed by atoms with Crippen molar-refractivity contribution in [2.24, 2.45) is 0 Å². The van der Waals surface area contributed by atoms with E-state index < -0.39 is 12.0 Å². The van der Waals surface area contributed by atoms with Gasteiger partial charge in [-0.3, -0.25) is 14.4 Å². The normalized spacial score (nSPS) is 15.1. The predicted molar refractivity (Wildman–Crippen MR) is 125 cm³/mol. The van der Waals surface area contributed by atoms with Gasteiger partial charge < -0.3 is 19.1 Å². The quantitative estimate of drug-likeness (QED) is 0.516. The van der Waals surface area contributed by atoms with Crippen molar-refractivity contribution in [3.05, 3.63) is 63.6 Å². The first-order chi connectivity index (χ1) is 16.4. The average molecular weight is 466 g/mol. The van der Waals surface area contributed by atoms with Crippen LogP contribution in [0, 0.1) is 0 Å². The minimum absolute atomic E-state index is 0.0317. The molecular formula is C25H27N3O6. The van der Waals surface area contributed by atoms with E-state index in [1.54, 1.807) is 49.3 Å². The topological polar surface area (TPSA) is 100.0 Å². The SMILES string of the molecule is CCn1nc(C(=O)N2CCc3cc(OC)c(OC)cc3C2CC(=O)OC)c2ccccc2c1=O. The number of aromatic nitrogens is 2. The molecule has 0 fully saturated rings. The van der Waals surface area contributed by atoms with Gasteiger partial charge in [0.05, 0.1) is 39.2 Å². The first kappa shape index (κ1) is 23.3. The third-order valence-electron chi connectivity index (χ3n) is 6.22. The molecule has 0 saturated heterocycles. The second-order valence-corrected chi connectivity index (χ2v) is 7.97. The molecular weight excluding hydrogens is 438 g/mol. The van der Waals surface area contributed by atoms with E-state index in [-0.39, 0.29) is 23.6 Å². The number of esters is 1. The van der Waals surface area contributed by atoms with Crippen molar-refractivity contribution in [1.82, 2.24) is 14.7 Å². The van der Waals surface area contributed by atoms with Crippen LogP contribution >= 0.6 is 0 Å². The summed E-state index contributed by atoms with van der Waals surface area (Å²) in [5.74, 6) is 0.295. The minimum atomic E-state index is -0.592. The molecule has 0 radical (unpaired) electrons. The van der Waals surface area contributed by atoms with E-state index in [1.807, 2.05) is 6.07 Å². The van der Waals surface area contributed by atoms with Crippen molar-refractivity contribution >= 4 is 22.6 Å². The van der Waals surface area contributed by atoms with Crippen molar-refractivity contribution in [2.75, 3.05) is 27.9 Å². The van der Waals surface area contributed by atoms with Crippen LogP contribution in [0.15, 0.2) is 41.2 Å². The Hall–Kier alpha value is -3.88. The van der Waals surface area contributed by atoms with Crippen LogP contribution in [0.5, 0.6) is 11.5 Å². The molecule has 0 spiro atoms. The Labute approximate surface area is 196 Å². The third-order valence-corrected chi connectivity index (χ3v) is 6.22. The molecule has 0 saturated carbocycles. The van der Waals surface area contributed by atoms with Gasteiger partial charge in [0.2, 0.25) is 0 Å². The largest absolute Gasteiger partial charge is 0.493 e. The highest BCUT2D eigenvalue weighted by Crippen LogP contribution is 2.40. The fraction of sp³-hybridized carbons (Fsp3) is 0.360. The van der Waals surface area contributed by atoms with Crippen molar-refractivity contribution in [1.29, 1.82) is 0 Å². The van der Waals surface area contributed by atoms with Crippen LogP contribution in [0.25, 0.3) is 10.8 Å². The zero-order chi connectivity index (χ0) is 24.4. The molecule has 34 heavy (non-hydrogen) atoms. The summed E-state index contributed by atoms with van der Waals surface area (Å²) in [6.45, 7) is 2.49. The monoisotopic (exact) mass is 465 g/mol. The summed E-state index contributed by atoms with van der Waals surface area (Å²) < 4.78 is 17.1. The number of carbonyl (C=O) groups excluding carboxylic acids is 2. The van der Waals surface area contributed by atoms with Crippen LogP contribution in [0.2, 0.25) is 0 Å². The molecule has 1 amide bonds. The van der Waals surface area contributed by atoms with Crippen LogP contribution in [0.4, 0.5) is 0 Å². The Balaban J connectivity index is 1.86. The van der Waals surface area contributed by atoms with Gasteiger partial charge in [-0.15, -0.1) is 0 Å². The molecule has 0 bridgehead atoms. The van der Waals surface area contributed by atoms with Crippen LogP contribution < -0.4 is 15.0 Å². The number of carbonyl (C=O) groups is 2. The maximum atomic E-state index is 13.9. The van der Waals surface area contributed by atoms with Crippen LogP contribution in [-0.2, 0) is 22.5 Å². The van der Waals surface area contributed by atoms with Crippen molar-refractivity contribution < 1.29 is 23.8 Å². The van der Waals surface area contributed by atoms with E-state index in [0.717, 1.165) is 11.1 Å². The molecule has 1 aliphatic rings. The van der Waals surface area contributed by atoms with Gasteiger partial charge in [0.1, 0.15) is 0 Å². The number of hydrogen-bond acceptors (Lipinski definition) is 7. The number of nitrogens with zero attached hydrogens (tertiary/aromatic N) is 3. The molecule has 4 rings (SSSR count). The number of ether oxygens (including phenoxy) is 3. The summed E-state index contributed by atoms with van der Waals surface area (Å²) in [4.78, 5) is 40.6. The Morgan fingerprint density at radius 2 is 1.74 bits per heavy atom.